The van der Waals surface area contributed by atoms with Crippen LogP contribution in [0.5, 0.6) is 11.5 Å². The molecule has 1 aromatic carbocycles. The molecule has 1 saturated heterocycles. The van der Waals surface area contributed by atoms with Gasteiger partial charge in [0.05, 0.1) is 11.8 Å². The molecule has 4 heterocycles. The average molecular weight is 393 g/mol. The maximum atomic E-state index is 12.5. The minimum atomic E-state index is -0.00858. The van der Waals surface area contributed by atoms with Gasteiger partial charge in [0.2, 0.25) is 18.6 Å². The molecular formula is C21H19N3O5. The number of nitrogens with zero attached hydrogens (tertiary/aromatic N) is 3. The Hall–Kier alpha value is -3.55. The van der Waals surface area contributed by atoms with E-state index < -0.39 is 0 Å². The van der Waals surface area contributed by atoms with Gasteiger partial charge in [0, 0.05) is 25.1 Å². The van der Waals surface area contributed by atoms with Gasteiger partial charge in [-0.05, 0) is 42.7 Å². The molecule has 0 radical (unpaired) electrons. The standard InChI is InChI=1S/C21H19N3O5/c25-19(4-2-14-1-3-17-18(11-14)28-13-27-17)24-8-5-15(6-9-24)20-22-23-21(29-20)16-7-10-26-12-16/h1-4,7,10-12,15H,5-6,8-9,13H2/b4-2+. The molecule has 0 saturated carbocycles. The van der Waals surface area contributed by atoms with Crippen molar-refractivity contribution in [3.05, 3.63) is 54.3 Å². The third-order valence-corrected chi connectivity index (χ3v) is 5.18. The van der Waals surface area contributed by atoms with Crippen LogP contribution in [0.15, 0.2) is 51.7 Å². The normalized spacial score (nSPS) is 16.6. The van der Waals surface area contributed by atoms with Crippen LogP contribution in [0.2, 0.25) is 0 Å². The summed E-state index contributed by atoms with van der Waals surface area (Å²) >= 11 is 0. The van der Waals surface area contributed by atoms with E-state index in [0.29, 0.717) is 30.6 Å². The fraction of sp³-hybridized carbons (Fsp3) is 0.286. The number of aromatic nitrogens is 2. The quantitative estimate of drug-likeness (QED) is 0.627. The molecule has 8 heteroatoms. The summed E-state index contributed by atoms with van der Waals surface area (Å²) in [4.78, 5) is 14.4. The van der Waals surface area contributed by atoms with Crippen LogP contribution in [0.25, 0.3) is 17.5 Å². The topological polar surface area (TPSA) is 90.8 Å². The van der Waals surface area contributed by atoms with Crippen molar-refractivity contribution in [2.45, 2.75) is 18.8 Å². The zero-order valence-electron chi connectivity index (χ0n) is 15.6. The monoisotopic (exact) mass is 393 g/mol. The van der Waals surface area contributed by atoms with Crippen molar-refractivity contribution in [3.63, 3.8) is 0 Å². The van der Waals surface area contributed by atoms with E-state index in [1.54, 1.807) is 30.7 Å². The first-order valence-electron chi connectivity index (χ1n) is 9.49. The largest absolute Gasteiger partial charge is 0.472 e. The zero-order valence-corrected chi connectivity index (χ0v) is 15.6. The SMILES string of the molecule is O=C(/C=C/c1ccc2c(c1)OCO2)N1CCC(c2nnc(-c3ccoc3)o2)CC1. The highest BCUT2D eigenvalue weighted by atomic mass is 16.7. The molecule has 0 bridgehead atoms. The van der Waals surface area contributed by atoms with E-state index in [4.69, 9.17) is 18.3 Å². The number of carbonyl (C=O) groups excluding carboxylic acids is 1. The molecule has 29 heavy (non-hydrogen) atoms. The molecule has 5 rings (SSSR count). The summed E-state index contributed by atoms with van der Waals surface area (Å²) in [6, 6.07) is 7.40. The van der Waals surface area contributed by atoms with Crippen LogP contribution in [0.4, 0.5) is 0 Å². The average Bonchev–Trinajstić information content (AvgIpc) is 3.52. The number of hydrogen-bond acceptors (Lipinski definition) is 7. The number of furan rings is 1. The van der Waals surface area contributed by atoms with Crippen molar-refractivity contribution in [1.82, 2.24) is 15.1 Å². The number of piperidine rings is 1. The van der Waals surface area contributed by atoms with E-state index >= 15 is 0 Å². The Kier molecular flexibility index (Phi) is 4.51. The van der Waals surface area contributed by atoms with Gasteiger partial charge in [-0.3, -0.25) is 4.79 Å². The first kappa shape index (κ1) is 17.5. The van der Waals surface area contributed by atoms with Gasteiger partial charge in [-0.15, -0.1) is 10.2 Å². The molecule has 2 aliphatic heterocycles. The maximum Gasteiger partial charge on any atom is 0.250 e. The molecule has 2 aromatic heterocycles. The van der Waals surface area contributed by atoms with Gasteiger partial charge in [0.15, 0.2) is 11.5 Å². The van der Waals surface area contributed by atoms with Gasteiger partial charge in [-0.2, -0.15) is 0 Å². The van der Waals surface area contributed by atoms with E-state index in [1.807, 2.05) is 23.1 Å². The first-order valence-corrected chi connectivity index (χ1v) is 9.49. The fourth-order valence-electron chi connectivity index (χ4n) is 3.54. The molecule has 2 aliphatic rings. The van der Waals surface area contributed by atoms with Crippen LogP contribution in [-0.2, 0) is 4.79 Å². The van der Waals surface area contributed by atoms with Crippen molar-refractivity contribution in [2.24, 2.45) is 0 Å². The van der Waals surface area contributed by atoms with Gasteiger partial charge in [-0.25, -0.2) is 0 Å². The number of amides is 1. The number of hydrogen-bond donors (Lipinski definition) is 0. The van der Waals surface area contributed by atoms with Gasteiger partial charge in [-0.1, -0.05) is 6.07 Å². The van der Waals surface area contributed by atoms with E-state index in [1.165, 1.54) is 0 Å². The van der Waals surface area contributed by atoms with Crippen LogP contribution < -0.4 is 9.47 Å². The minimum absolute atomic E-state index is 0.00858. The van der Waals surface area contributed by atoms with Gasteiger partial charge < -0.3 is 23.2 Å². The number of rotatable bonds is 4. The zero-order chi connectivity index (χ0) is 19.6. The van der Waals surface area contributed by atoms with Crippen LogP contribution >= 0.6 is 0 Å². The lowest BCUT2D eigenvalue weighted by Crippen LogP contribution is -2.36. The Balaban J connectivity index is 1.18. The summed E-state index contributed by atoms with van der Waals surface area (Å²) in [6.45, 7) is 1.54. The Morgan fingerprint density at radius 2 is 1.97 bits per heavy atom. The van der Waals surface area contributed by atoms with E-state index in [9.17, 15) is 4.79 Å². The second-order valence-electron chi connectivity index (χ2n) is 7.00. The summed E-state index contributed by atoms with van der Waals surface area (Å²) in [5.41, 5.74) is 1.67. The smallest absolute Gasteiger partial charge is 0.250 e. The molecule has 0 aliphatic carbocycles. The second-order valence-corrected chi connectivity index (χ2v) is 7.00. The summed E-state index contributed by atoms with van der Waals surface area (Å²) in [5, 5.41) is 8.26. The van der Waals surface area contributed by atoms with Gasteiger partial charge >= 0.3 is 0 Å². The number of carbonyl (C=O) groups is 1. The Labute approximate surface area is 166 Å². The number of ether oxygens (including phenoxy) is 2. The first-order chi connectivity index (χ1) is 14.3. The van der Waals surface area contributed by atoms with E-state index in [0.717, 1.165) is 29.7 Å². The summed E-state index contributed by atoms with van der Waals surface area (Å²) in [6.07, 6.45) is 8.12. The number of benzene rings is 1. The second kappa shape index (κ2) is 7.46. The lowest BCUT2D eigenvalue weighted by molar-refractivity contribution is -0.127. The molecule has 1 amide bonds. The lowest BCUT2D eigenvalue weighted by atomic mass is 9.97. The van der Waals surface area contributed by atoms with Crippen LogP contribution in [-0.4, -0.2) is 40.9 Å². The van der Waals surface area contributed by atoms with E-state index in [-0.39, 0.29) is 18.6 Å². The summed E-state index contributed by atoms with van der Waals surface area (Å²) < 4.78 is 21.5. The Bertz CT molecular complexity index is 1030. The predicted molar refractivity (Wildman–Crippen MR) is 102 cm³/mol. The minimum Gasteiger partial charge on any atom is -0.472 e. The van der Waals surface area contributed by atoms with Crippen molar-refractivity contribution >= 4 is 12.0 Å². The number of likely N-dealkylation sites (tertiary alicyclic amines) is 1. The third-order valence-electron chi connectivity index (χ3n) is 5.18. The third kappa shape index (κ3) is 3.61. The lowest BCUT2D eigenvalue weighted by Gasteiger charge is -2.29. The number of fused-ring (bicyclic) bond motifs is 1. The van der Waals surface area contributed by atoms with E-state index in [2.05, 4.69) is 10.2 Å². The van der Waals surface area contributed by atoms with Crippen molar-refractivity contribution in [1.29, 1.82) is 0 Å². The van der Waals surface area contributed by atoms with Crippen molar-refractivity contribution < 1.29 is 23.1 Å². The molecule has 0 atom stereocenters. The molecular weight excluding hydrogens is 374 g/mol. The fourth-order valence-corrected chi connectivity index (χ4v) is 3.54. The molecule has 0 unspecified atom stereocenters. The van der Waals surface area contributed by atoms with Crippen LogP contribution in [0.1, 0.15) is 30.2 Å². The molecule has 3 aromatic rings. The molecule has 1 fully saturated rings. The Morgan fingerprint density at radius 3 is 2.79 bits per heavy atom. The highest BCUT2D eigenvalue weighted by Gasteiger charge is 2.27. The highest BCUT2D eigenvalue weighted by molar-refractivity contribution is 5.92. The summed E-state index contributed by atoms with van der Waals surface area (Å²) in [5.74, 6) is 2.65. The molecule has 0 N–H and O–H groups in total. The highest BCUT2D eigenvalue weighted by Crippen LogP contribution is 2.33. The molecule has 8 nitrogen and oxygen atoms in total. The Morgan fingerprint density at radius 1 is 1.10 bits per heavy atom. The van der Waals surface area contributed by atoms with Crippen molar-refractivity contribution in [3.8, 4) is 23.0 Å². The van der Waals surface area contributed by atoms with Gasteiger partial charge in [0.1, 0.15) is 6.26 Å². The molecule has 0 spiro atoms. The predicted octanol–water partition coefficient (Wildman–Crippen LogP) is 3.48. The van der Waals surface area contributed by atoms with Gasteiger partial charge in [0.25, 0.3) is 5.89 Å². The molecule has 148 valence electrons. The summed E-state index contributed by atoms with van der Waals surface area (Å²) in [7, 11) is 0. The van der Waals surface area contributed by atoms with Crippen molar-refractivity contribution in [2.75, 3.05) is 19.9 Å². The maximum absolute atomic E-state index is 12.5. The van der Waals surface area contributed by atoms with Crippen LogP contribution in [0.3, 0.4) is 0 Å². The van der Waals surface area contributed by atoms with Crippen LogP contribution in [0, 0.1) is 0 Å².